The van der Waals surface area contributed by atoms with Gasteiger partial charge in [0.05, 0.1) is 29.2 Å². The molecule has 0 unspecified atom stereocenters. The molecule has 3 aromatic rings. The Kier molecular flexibility index (Phi) is 8.96. The number of aromatic amines is 1. The van der Waals surface area contributed by atoms with Gasteiger partial charge in [-0.1, -0.05) is 20.3 Å². The zero-order chi connectivity index (χ0) is 28.2. The number of piperidine rings is 1. The van der Waals surface area contributed by atoms with Crippen molar-refractivity contribution >= 4 is 27.8 Å². The lowest BCUT2D eigenvalue weighted by atomic mass is 9.95. The van der Waals surface area contributed by atoms with E-state index in [4.69, 9.17) is 14.6 Å². The van der Waals surface area contributed by atoms with Gasteiger partial charge in [0.2, 0.25) is 10.0 Å². The average molecular weight is 560 g/mol. The number of hydrogen-bond donors (Lipinski definition) is 1. The molecule has 12 heteroatoms. The highest BCUT2D eigenvalue weighted by Gasteiger charge is 2.30. The summed E-state index contributed by atoms with van der Waals surface area (Å²) in [5.74, 6) is 1.000. The van der Waals surface area contributed by atoms with Crippen molar-refractivity contribution in [2.75, 3.05) is 26.3 Å². The van der Waals surface area contributed by atoms with Gasteiger partial charge in [0.25, 0.3) is 5.56 Å². The number of nitrogens with one attached hydrogen (secondary N) is 1. The number of H-pyrrole nitrogens is 1. The summed E-state index contributed by atoms with van der Waals surface area (Å²) in [6.07, 6.45) is 6.36. The molecule has 1 aliphatic rings. The molecule has 0 aliphatic carbocycles. The molecule has 11 nitrogen and oxygen atoms in total. The summed E-state index contributed by atoms with van der Waals surface area (Å²) in [5.41, 5.74) is 2.19. The van der Waals surface area contributed by atoms with Gasteiger partial charge < -0.3 is 19.1 Å². The Hall–Kier alpha value is -3.38. The van der Waals surface area contributed by atoms with E-state index in [1.165, 1.54) is 4.31 Å². The maximum absolute atomic E-state index is 13.6. The maximum atomic E-state index is 13.6. The first-order valence-corrected chi connectivity index (χ1v) is 14.9. The van der Waals surface area contributed by atoms with Crippen LogP contribution in [0.5, 0.6) is 5.75 Å². The van der Waals surface area contributed by atoms with Crippen LogP contribution in [0.2, 0.25) is 0 Å². The molecule has 1 saturated heterocycles. The van der Waals surface area contributed by atoms with Crippen molar-refractivity contribution in [2.24, 2.45) is 13.0 Å². The predicted octanol–water partition coefficient (Wildman–Crippen LogP) is 3.60. The van der Waals surface area contributed by atoms with Gasteiger partial charge in [-0.3, -0.25) is 10.0 Å². The van der Waals surface area contributed by atoms with Crippen molar-refractivity contribution in [3.05, 3.63) is 45.5 Å². The third-order valence-electron chi connectivity index (χ3n) is 7.06. The summed E-state index contributed by atoms with van der Waals surface area (Å²) < 4.78 is 36.5. The molecule has 0 radical (unpaired) electrons. The lowest BCUT2D eigenvalue weighted by molar-refractivity contribution is -0.736. The highest BCUT2D eigenvalue weighted by Crippen LogP contribution is 2.33. The highest BCUT2D eigenvalue weighted by atomic mass is 32.2. The van der Waals surface area contributed by atoms with Crippen LogP contribution in [0, 0.1) is 11.1 Å². The highest BCUT2D eigenvalue weighted by molar-refractivity contribution is 7.89. The third-order valence-corrected chi connectivity index (χ3v) is 8.96. The predicted molar refractivity (Wildman–Crippen MR) is 149 cm³/mol. The topological polar surface area (TPSA) is 133 Å². The Morgan fingerprint density at radius 1 is 1.21 bits per heavy atom. The van der Waals surface area contributed by atoms with Crippen LogP contribution in [0.25, 0.3) is 22.4 Å². The summed E-state index contributed by atoms with van der Waals surface area (Å²) in [7, 11) is -1.98. The zero-order valence-corrected chi connectivity index (χ0v) is 23.6. The monoisotopic (exact) mass is 559 g/mol. The van der Waals surface area contributed by atoms with Gasteiger partial charge in [0.15, 0.2) is 6.72 Å². The minimum absolute atomic E-state index is 0.117. The van der Waals surface area contributed by atoms with Crippen molar-refractivity contribution in [3.8, 4) is 17.1 Å². The first-order valence-electron chi connectivity index (χ1n) is 13.4. The second-order valence-corrected chi connectivity index (χ2v) is 11.9. The van der Waals surface area contributed by atoms with E-state index in [1.54, 1.807) is 22.8 Å². The number of sulfonamides is 1. The summed E-state index contributed by atoms with van der Waals surface area (Å²) in [5, 5.41) is 10.8. The number of aromatic nitrogens is 3. The minimum atomic E-state index is -3.80. The third kappa shape index (κ3) is 6.27. The molecule has 1 aliphatic heterocycles. The number of ether oxygens (including phenoxy) is 1. The Morgan fingerprint density at radius 3 is 2.62 bits per heavy atom. The Labute approximate surface area is 228 Å². The Bertz CT molecular complexity index is 1490. The van der Waals surface area contributed by atoms with Gasteiger partial charge >= 0.3 is 0 Å². The molecule has 1 N–H and O–H groups in total. The van der Waals surface area contributed by atoms with Gasteiger partial charge in [-0.25, -0.2) is 13.4 Å². The maximum Gasteiger partial charge on any atom is 0.275 e. The summed E-state index contributed by atoms with van der Waals surface area (Å²) in [6, 6.07) is 4.73. The van der Waals surface area contributed by atoms with Gasteiger partial charge in [-0.15, -0.1) is 0 Å². The second-order valence-electron chi connectivity index (χ2n) is 9.94. The quantitative estimate of drug-likeness (QED) is 0.204. The number of aryl methyl sites for hydroxylation is 2. The number of fused-ring (bicyclic) bond motifs is 1. The van der Waals surface area contributed by atoms with Gasteiger partial charge in [-0.2, -0.15) is 4.31 Å². The van der Waals surface area contributed by atoms with Crippen LogP contribution >= 0.6 is 0 Å². The fourth-order valence-corrected chi connectivity index (χ4v) is 6.55. The van der Waals surface area contributed by atoms with Gasteiger partial charge in [0, 0.05) is 31.2 Å². The molecule has 2 aromatic heterocycles. The van der Waals surface area contributed by atoms with E-state index in [1.807, 2.05) is 20.2 Å². The van der Waals surface area contributed by atoms with Crippen molar-refractivity contribution in [2.45, 2.75) is 57.3 Å². The molecule has 1 aromatic carbocycles. The SMILES string of the molecule is C=[N+]([O-])OCCC1CCN(S(=O)(=O)c2ccc(OCCC)c(-c3nc4c(CCC)cn(C)c4c(=O)[nH]3)c2)CC1. The molecule has 0 atom stereocenters. The fraction of sp³-hybridized carbons (Fsp3) is 0.519. The molecular weight excluding hydrogens is 522 g/mol. The molecule has 0 amide bonds. The fourth-order valence-electron chi connectivity index (χ4n) is 5.06. The summed E-state index contributed by atoms with van der Waals surface area (Å²) in [4.78, 5) is 25.9. The number of benzene rings is 1. The van der Waals surface area contributed by atoms with Crippen molar-refractivity contribution in [3.63, 3.8) is 0 Å². The molecule has 0 spiro atoms. The van der Waals surface area contributed by atoms with Gasteiger partial charge in [-0.05, 0) is 61.8 Å². The molecule has 212 valence electrons. The second kappa shape index (κ2) is 12.2. The molecule has 4 rings (SSSR count). The van der Waals surface area contributed by atoms with Gasteiger partial charge in [0.1, 0.15) is 17.1 Å². The molecule has 39 heavy (non-hydrogen) atoms. The van der Waals surface area contributed by atoms with E-state index in [2.05, 4.69) is 18.6 Å². The Balaban J connectivity index is 1.67. The van der Waals surface area contributed by atoms with Crippen LogP contribution in [-0.2, 0) is 28.3 Å². The van der Waals surface area contributed by atoms with Crippen LogP contribution in [-0.4, -0.2) is 65.2 Å². The average Bonchev–Trinajstić information content (AvgIpc) is 3.23. The van der Waals surface area contributed by atoms with Crippen molar-refractivity contribution in [1.82, 2.24) is 18.8 Å². The van der Waals surface area contributed by atoms with E-state index in [0.717, 1.165) is 24.8 Å². The zero-order valence-electron chi connectivity index (χ0n) is 22.8. The first kappa shape index (κ1) is 28.6. The lowest BCUT2D eigenvalue weighted by Gasteiger charge is -2.31. The summed E-state index contributed by atoms with van der Waals surface area (Å²) in [6.45, 7) is 8.60. The first-order chi connectivity index (χ1) is 18.6. The largest absolute Gasteiger partial charge is 0.493 e. The standard InChI is InChI=1S/C27H37N5O6S/c1-5-7-20-18-30(3)25-24(20)28-26(29-27(25)33)22-17-21(8-9-23(22)37-15-6-2)39(35,36)32-13-10-19(11-14-32)12-16-38-31(4)34/h8-9,17-19H,4-7,10-16H2,1-3H3,(H,28,29,33). The van der Waals surface area contributed by atoms with E-state index in [0.29, 0.717) is 61.3 Å². The van der Waals surface area contributed by atoms with Crippen molar-refractivity contribution < 1.29 is 22.9 Å². The molecule has 1 fully saturated rings. The van der Waals surface area contributed by atoms with Crippen LogP contribution in [0.15, 0.2) is 34.1 Å². The van der Waals surface area contributed by atoms with E-state index >= 15 is 0 Å². The summed E-state index contributed by atoms with van der Waals surface area (Å²) >= 11 is 0. The molecule has 0 bridgehead atoms. The molecule has 0 saturated carbocycles. The van der Waals surface area contributed by atoms with Crippen molar-refractivity contribution in [1.29, 1.82) is 0 Å². The van der Waals surface area contributed by atoms with Crippen LogP contribution in [0.4, 0.5) is 0 Å². The number of rotatable bonds is 12. The van der Waals surface area contributed by atoms with E-state index in [9.17, 15) is 18.4 Å². The van der Waals surface area contributed by atoms with E-state index in [-0.39, 0.29) is 33.7 Å². The number of nitrogens with zero attached hydrogens (tertiary/aromatic N) is 4. The van der Waals surface area contributed by atoms with E-state index < -0.39 is 10.0 Å². The molecule has 3 heterocycles. The minimum Gasteiger partial charge on any atom is -0.493 e. The normalized spacial score (nSPS) is 15.1. The van der Waals surface area contributed by atoms with Crippen LogP contribution in [0.3, 0.4) is 0 Å². The molecular formula is C27H37N5O6S. The number of hydrogen-bond acceptors (Lipinski definition) is 7. The van der Waals surface area contributed by atoms with Crippen LogP contribution in [0.1, 0.15) is 51.5 Å². The van der Waals surface area contributed by atoms with Crippen LogP contribution < -0.4 is 10.3 Å². The smallest absolute Gasteiger partial charge is 0.275 e. The Morgan fingerprint density at radius 2 is 1.95 bits per heavy atom. The lowest BCUT2D eigenvalue weighted by Crippen LogP contribution is -2.38.